The van der Waals surface area contributed by atoms with Gasteiger partial charge in [-0.1, -0.05) is 36.4 Å². The predicted molar refractivity (Wildman–Crippen MR) is 81.0 cm³/mol. The number of hydrogen-bond donors (Lipinski definition) is 0. The summed E-state index contributed by atoms with van der Waals surface area (Å²) in [4.78, 5) is 5.92. The molecule has 1 aromatic carbocycles. The molecular weight excluding hydrogens is 250 g/mol. The maximum atomic E-state index is 4.47. The monoisotopic (exact) mass is 263 g/mol. The highest BCUT2D eigenvalue weighted by Gasteiger charge is 2.23. The van der Waals surface area contributed by atoms with Crippen LogP contribution in [0.3, 0.4) is 0 Å². The van der Waals surface area contributed by atoms with Crippen LogP contribution in [0.15, 0.2) is 60.3 Å². The number of nitrogens with zero attached hydrogens (tertiary/aromatic N) is 1. The fourth-order valence-electron chi connectivity index (χ4n) is 2.83. The standard InChI is InChI=1S/C17H13NS/c1-2-7-14-13(6-1)16(15-8-10-19-17(14)15)11-12-5-3-4-9-18-12/h1-9H,10-11H2. The van der Waals surface area contributed by atoms with Crippen molar-refractivity contribution in [1.82, 2.24) is 4.98 Å². The van der Waals surface area contributed by atoms with Crippen molar-refractivity contribution in [3.63, 3.8) is 0 Å². The van der Waals surface area contributed by atoms with Gasteiger partial charge in [0.25, 0.3) is 0 Å². The van der Waals surface area contributed by atoms with Crippen molar-refractivity contribution in [2.24, 2.45) is 0 Å². The molecule has 1 aliphatic carbocycles. The van der Waals surface area contributed by atoms with Crippen LogP contribution in [0.2, 0.25) is 0 Å². The van der Waals surface area contributed by atoms with Crippen LogP contribution in [-0.4, -0.2) is 10.7 Å². The number of rotatable bonds is 2. The van der Waals surface area contributed by atoms with E-state index in [1.807, 2.05) is 24.0 Å². The van der Waals surface area contributed by atoms with Crippen LogP contribution in [0.25, 0.3) is 10.5 Å². The predicted octanol–water partition coefficient (Wildman–Crippen LogP) is 2.27. The quantitative estimate of drug-likeness (QED) is 0.824. The third kappa shape index (κ3) is 1.75. The van der Waals surface area contributed by atoms with Gasteiger partial charge >= 0.3 is 0 Å². The summed E-state index contributed by atoms with van der Waals surface area (Å²) < 4.78 is 0. The Morgan fingerprint density at radius 1 is 1.00 bits per heavy atom. The molecule has 1 aromatic heterocycles. The van der Waals surface area contributed by atoms with Gasteiger partial charge < -0.3 is 0 Å². The third-order valence-electron chi connectivity index (χ3n) is 3.67. The van der Waals surface area contributed by atoms with Gasteiger partial charge in [0.1, 0.15) is 0 Å². The average molecular weight is 263 g/mol. The highest BCUT2D eigenvalue weighted by atomic mass is 32.2. The largest absolute Gasteiger partial charge is 0.261 e. The Bertz CT molecular complexity index is 788. The average Bonchev–Trinajstić information content (AvgIpc) is 3.04. The second-order valence-electron chi connectivity index (χ2n) is 4.78. The first kappa shape index (κ1) is 11.1. The van der Waals surface area contributed by atoms with E-state index in [1.165, 1.54) is 26.5 Å². The lowest BCUT2D eigenvalue weighted by atomic mass is 10.0. The minimum atomic E-state index is 0.924. The van der Waals surface area contributed by atoms with E-state index in [4.69, 9.17) is 0 Å². The van der Waals surface area contributed by atoms with Crippen molar-refractivity contribution in [2.75, 3.05) is 5.75 Å². The topological polar surface area (TPSA) is 12.9 Å². The van der Waals surface area contributed by atoms with Gasteiger partial charge in [0.15, 0.2) is 0 Å². The summed E-state index contributed by atoms with van der Waals surface area (Å²) >= 11 is 1.95. The van der Waals surface area contributed by atoms with E-state index < -0.39 is 0 Å². The lowest BCUT2D eigenvalue weighted by Gasteiger charge is -2.05. The molecule has 2 aliphatic rings. The van der Waals surface area contributed by atoms with Gasteiger partial charge in [-0.15, -0.1) is 11.8 Å². The Labute approximate surface area is 116 Å². The van der Waals surface area contributed by atoms with E-state index >= 15 is 0 Å². The molecule has 19 heavy (non-hydrogen) atoms. The zero-order chi connectivity index (χ0) is 12.7. The molecule has 0 saturated heterocycles. The van der Waals surface area contributed by atoms with E-state index in [0.717, 1.165) is 17.9 Å². The molecule has 4 rings (SSSR count). The van der Waals surface area contributed by atoms with Crippen LogP contribution in [0.1, 0.15) is 5.69 Å². The lowest BCUT2D eigenvalue weighted by Crippen LogP contribution is -2.23. The molecule has 0 N–H and O–H groups in total. The van der Waals surface area contributed by atoms with Gasteiger partial charge in [-0.3, -0.25) is 4.98 Å². The number of hydrogen-bond acceptors (Lipinski definition) is 2. The number of thioether (sulfide) groups is 1. The smallest absolute Gasteiger partial charge is 0.0447 e. The van der Waals surface area contributed by atoms with Gasteiger partial charge in [-0.25, -0.2) is 0 Å². The van der Waals surface area contributed by atoms with Gasteiger partial charge in [0.05, 0.1) is 0 Å². The molecule has 2 aromatic rings. The second kappa shape index (κ2) is 4.39. The summed E-state index contributed by atoms with van der Waals surface area (Å²) in [5.41, 5.74) is 4.03. The van der Waals surface area contributed by atoms with E-state index in [1.54, 1.807) is 0 Å². The fourth-order valence-corrected chi connectivity index (χ4v) is 3.94. The first-order valence-corrected chi connectivity index (χ1v) is 7.48. The van der Waals surface area contributed by atoms with E-state index in [0.29, 0.717) is 0 Å². The number of fused-ring (bicyclic) bond motifs is 2. The van der Waals surface area contributed by atoms with Crippen LogP contribution in [0, 0.1) is 0 Å². The minimum Gasteiger partial charge on any atom is -0.261 e. The number of benzene rings is 1. The molecule has 1 aliphatic heterocycles. The molecule has 2 heteroatoms. The van der Waals surface area contributed by atoms with Crippen molar-refractivity contribution < 1.29 is 0 Å². The summed E-state index contributed by atoms with van der Waals surface area (Å²) in [6, 6.07) is 14.9. The summed E-state index contributed by atoms with van der Waals surface area (Å²) in [5.74, 6) is 1.10. The van der Waals surface area contributed by atoms with Crippen molar-refractivity contribution in [1.29, 1.82) is 0 Å². The number of pyridine rings is 1. The summed E-state index contributed by atoms with van der Waals surface area (Å²) in [7, 11) is 0. The van der Waals surface area contributed by atoms with Crippen molar-refractivity contribution in [3.05, 3.63) is 76.4 Å². The number of aromatic nitrogens is 1. The second-order valence-corrected chi connectivity index (χ2v) is 5.81. The minimum absolute atomic E-state index is 0.924. The Morgan fingerprint density at radius 2 is 1.84 bits per heavy atom. The molecule has 0 unspecified atom stereocenters. The molecule has 0 amide bonds. The molecular formula is C17H13NS. The molecule has 0 spiro atoms. The lowest BCUT2D eigenvalue weighted by molar-refractivity contribution is 1.12. The highest BCUT2D eigenvalue weighted by molar-refractivity contribution is 8.08. The fraction of sp³-hybridized carbons (Fsp3) is 0.118. The van der Waals surface area contributed by atoms with E-state index in [-0.39, 0.29) is 0 Å². The molecule has 92 valence electrons. The highest BCUT2D eigenvalue weighted by Crippen LogP contribution is 2.38. The maximum absolute atomic E-state index is 4.47. The molecule has 0 saturated carbocycles. The van der Waals surface area contributed by atoms with Gasteiger partial charge in [-0.2, -0.15) is 0 Å². The van der Waals surface area contributed by atoms with Crippen molar-refractivity contribution in [2.45, 2.75) is 6.42 Å². The Kier molecular flexibility index (Phi) is 2.56. The summed E-state index contributed by atoms with van der Waals surface area (Å²) in [5, 5.41) is 2.80. The maximum Gasteiger partial charge on any atom is 0.0447 e. The molecule has 0 fully saturated rings. The van der Waals surface area contributed by atoms with Gasteiger partial charge in [-0.05, 0) is 33.7 Å². The Hall–Kier alpha value is -1.80. The molecule has 0 bridgehead atoms. The van der Waals surface area contributed by atoms with Crippen LogP contribution in [0.4, 0.5) is 0 Å². The summed E-state index contributed by atoms with van der Waals surface area (Å²) in [6.45, 7) is 0. The molecule has 1 nitrogen and oxygen atoms in total. The van der Waals surface area contributed by atoms with E-state index in [2.05, 4.69) is 47.5 Å². The van der Waals surface area contributed by atoms with Crippen LogP contribution < -0.4 is 10.4 Å². The zero-order valence-corrected chi connectivity index (χ0v) is 11.3. The molecule has 0 atom stereocenters. The van der Waals surface area contributed by atoms with Crippen molar-refractivity contribution >= 4 is 22.2 Å². The van der Waals surface area contributed by atoms with Gasteiger partial charge in [0, 0.05) is 29.0 Å². The Morgan fingerprint density at radius 3 is 2.68 bits per heavy atom. The van der Waals surface area contributed by atoms with Crippen molar-refractivity contribution in [3.8, 4) is 0 Å². The van der Waals surface area contributed by atoms with Crippen LogP contribution in [0.5, 0.6) is 0 Å². The molecule has 2 heterocycles. The zero-order valence-electron chi connectivity index (χ0n) is 10.5. The normalized spacial score (nSPS) is 16.3. The Balaban J connectivity index is 1.92. The van der Waals surface area contributed by atoms with Crippen LogP contribution in [-0.2, 0) is 6.42 Å². The summed E-state index contributed by atoms with van der Waals surface area (Å²) in [6.07, 6.45) is 5.16. The first-order valence-electron chi connectivity index (χ1n) is 6.49. The first-order chi connectivity index (χ1) is 9.43. The third-order valence-corrected chi connectivity index (χ3v) is 4.73. The van der Waals surface area contributed by atoms with Gasteiger partial charge in [0.2, 0.25) is 0 Å². The van der Waals surface area contributed by atoms with E-state index in [9.17, 15) is 0 Å². The molecule has 0 radical (unpaired) electrons. The SMILES string of the molecule is C1=C2C(Cc3ccccn3)=c3ccccc3=C2SC1. The van der Waals surface area contributed by atoms with Crippen LogP contribution >= 0.6 is 11.8 Å².